The molecule has 0 radical (unpaired) electrons. The fourth-order valence-corrected chi connectivity index (χ4v) is 4.87. The standard InChI is InChI=1S/C25H29ClN6O2S/c1-16(18-7-5-6-8-19(18)26)34-24-22(23(27)33)35-25(29-24)20-13-28-21-10-9-17(15-32(20)21)14-31(4)12-11-30(2)3/h5-10,13,15-16H,11-12,14H2,1-4H3,(H2,27,33). The third kappa shape index (κ3) is 5.82. The lowest BCUT2D eigenvalue weighted by Gasteiger charge is -2.19. The summed E-state index contributed by atoms with van der Waals surface area (Å²) in [6.45, 7) is 4.61. The maximum Gasteiger partial charge on any atom is 0.264 e. The van der Waals surface area contributed by atoms with Gasteiger partial charge < -0.3 is 20.3 Å². The maximum absolute atomic E-state index is 12.2. The molecule has 1 aromatic carbocycles. The van der Waals surface area contributed by atoms with Crippen LogP contribution in [0.1, 0.15) is 33.8 Å². The van der Waals surface area contributed by atoms with Gasteiger partial charge in [0.05, 0.1) is 6.20 Å². The van der Waals surface area contributed by atoms with Crippen LogP contribution in [0.4, 0.5) is 0 Å². The van der Waals surface area contributed by atoms with Crippen LogP contribution >= 0.6 is 22.9 Å². The molecule has 0 saturated heterocycles. The predicted octanol–water partition coefficient (Wildman–Crippen LogP) is 4.34. The number of nitrogens with two attached hydrogens (primary N) is 1. The van der Waals surface area contributed by atoms with Crippen LogP contribution in [-0.2, 0) is 6.54 Å². The number of fused-ring (bicyclic) bond motifs is 1. The zero-order chi connectivity index (χ0) is 25.1. The van der Waals surface area contributed by atoms with E-state index in [1.54, 1.807) is 12.3 Å². The van der Waals surface area contributed by atoms with Gasteiger partial charge in [0.15, 0.2) is 4.88 Å². The molecule has 10 heteroatoms. The molecule has 0 saturated carbocycles. The average molecular weight is 513 g/mol. The van der Waals surface area contributed by atoms with Gasteiger partial charge in [-0.05, 0) is 45.8 Å². The van der Waals surface area contributed by atoms with Crippen LogP contribution in [0, 0.1) is 0 Å². The number of aromatic nitrogens is 3. The number of nitrogens with zero attached hydrogens (tertiary/aromatic N) is 5. The highest BCUT2D eigenvalue weighted by molar-refractivity contribution is 7.17. The molecule has 0 spiro atoms. The van der Waals surface area contributed by atoms with Crippen molar-refractivity contribution in [1.82, 2.24) is 24.2 Å². The van der Waals surface area contributed by atoms with Crippen LogP contribution in [0.5, 0.6) is 5.88 Å². The Kier molecular flexibility index (Phi) is 7.71. The van der Waals surface area contributed by atoms with E-state index in [9.17, 15) is 4.79 Å². The van der Waals surface area contributed by atoms with E-state index in [0.29, 0.717) is 10.0 Å². The number of amides is 1. The second-order valence-corrected chi connectivity index (χ2v) is 10.2. The van der Waals surface area contributed by atoms with E-state index in [1.165, 1.54) is 11.3 Å². The van der Waals surface area contributed by atoms with Gasteiger partial charge >= 0.3 is 0 Å². The van der Waals surface area contributed by atoms with E-state index in [2.05, 4.69) is 53.2 Å². The lowest BCUT2D eigenvalue weighted by molar-refractivity contribution is 0.0997. The zero-order valence-corrected chi connectivity index (χ0v) is 21.8. The quantitative estimate of drug-likeness (QED) is 0.340. The summed E-state index contributed by atoms with van der Waals surface area (Å²) in [5, 5.41) is 1.19. The molecule has 0 aliphatic heterocycles. The summed E-state index contributed by atoms with van der Waals surface area (Å²) in [6, 6.07) is 11.5. The number of ether oxygens (including phenoxy) is 1. The number of hydrogen-bond donors (Lipinski definition) is 1. The Morgan fingerprint density at radius 3 is 2.69 bits per heavy atom. The smallest absolute Gasteiger partial charge is 0.264 e. The van der Waals surface area contributed by atoms with Crippen molar-refractivity contribution in [3.8, 4) is 16.6 Å². The fourth-order valence-electron chi connectivity index (χ4n) is 3.72. The minimum Gasteiger partial charge on any atom is -0.469 e. The number of imidazole rings is 1. The first-order valence-electron chi connectivity index (χ1n) is 11.2. The SMILES string of the molecule is CC(Oc1nc(-c2cnc3ccc(CN(C)CCN(C)C)cn23)sc1C(N)=O)c1ccccc1Cl. The van der Waals surface area contributed by atoms with Crippen molar-refractivity contribution in [3.05, 3.63) is 69.8 Å². The molecule has 184 valence electrons. The Bertz CT molecular complexity index is 1330. The molecule has 0 aliphatic rings. The lowest BCUT2D eigenvalue weighted by atomic mass is 10.1. The Morgan fingerprint density at radius 2 is 1.97 bits per heavy atom. The van der Waals surface area contributed by atoms with E-state index in [4.69, 9.17) is 22.1 Å². The molecule has 35 heavy (non-hydrogen) atoms. The monoisotopic (exact) mass is 512 g/mol. The summed E-state index contributed by atoms with van der Waals surface area (Å²) in [4.78, 5) is 26.0. The van der Waals surface area contributed by atoms with Crippen molar-refractivity contribution < 1.29 is 9.53 Å². The van der Waals surface area contributed by atoms with Gasteiger partial charge in [0.1, 0.15) is 22.5 Å². The fraction of sp³-hybridized carbons (Fsp3) is 0.320. The van der Waals surface area contributed by atoms with Gasteiger partial charge in [0, 0.05) is 36.4 Å². The number of halogens is 1. The van der Waals surface area contributed by atoms with Crippen LogP contribution in [0.15, 0.2) is 48.8 Å². The summed E-state index contributed by atoms with van der Waals surface area (Å²) in [5.41, 5.74) is 9.17. The van der Waals surface area contributed by atoms with E-state index in [1.807, 2.05) is 35.6 Å². The normalized spacial score (nSPS) is 12.5. The molecule has 3 heterocycles. The molecule has 1 atom stereocenters. The number of pyridine rings is 1. The van der Waals surface area contributed by atoms with Crippen molar-refractivity contribution in [2.45, 2.75) is 19.6 Å². The first kappa shape index (κ1) is 25.1. The van der Waals surface area contributed by atoms with Crippen LogP contribution in [0.2, 0.25) is 5.02 Å². The summed E-state index contributed by atoms with van der Waals surface area (Å²) in [6.07, 6.45) is 3.39. The molecule has 4 aromatic rings. The predicted molar refractivity (Wildman–Crippen MR) is 140 cm³/mol. The molecule has 8 nitrogen and oxygen atoms in total. The topological polar surface area (TPSA) is 89.0 Å². The molecule has 0 bridgehead atoms. The van der Waals surface area contributed by atoms with Crippen molar-refractivity contribution in [3.63, 3.8) is 0 Å². The van der Waals surface area contributed by atoms with Crippen LogP contribution in [-0.4, -0.2) is 64.3 Å². The lowest BCUT2D eigenvalue weighted by Crippen LogP contribution is -2.28. The van der Waals surface area contributed by atoms with Gasteiger partial charge in [0.2, 0.25) is 5.88 Å². The molecular formula is C25H29ClN6O2S. The van der Waals surface area contributed by atoms with E-state index < -0.39 is 12.0 Å². The first-order chi connectivity index (χ1) is 16.7. The van der Waals surface area contributed by atoms with Gasteiger partial charge in [-0.1, -0.05) is 35.9 Å². The van der Waals surface area contributed by atoms with Gasteiger partial charge in [-0.2, -0.15) is 4.98 Å². The molecule has 2 N–H and O–H groups in total. The summed E-state index contributed by atoms with van der Waals surface area (Å²) in [7, 11) is 6.24. The molecule has 4 rings (SSSR count). The average Bonchev–Trinajstić information content (AvgIpc) is 3.41. The second-order valence-electron chi connectivity index (χ2n) is 8.75. The molecule has 3 aromatic heterocycles. The molecule has 1 amide bonds. The van der Waals surface area contributed by atoms with Gasteiger partial charge in [-0.15, -0.1) is 11.3 Å². The summed E-state index contributed by atoms with van der Waals surface area (Å²) < 4.78 is 8.05. The van der Waals surface area contributed by atoms with Crippen molar-refractivity contribution in [2.75, 3.05) is 34.2 Å². The molecule has 0 aliphatic carbocycles. The summed E-state index contributed by atoms with van der Waals surface area (Å²) in [5.74, 6) is -0.397. The minimum absolute atomic E-state index is 0.194. The maximum atomic E-state index is 12.2. The Hall–Kier alpha value is -2.98. The number of hydrogen-bond acceptors (Lipinski definition) is 7. The largest absolute Gasteiger partial charge is 0.469 e. The van der Waals surface area contributed by atoms with E-state index in [0.717, 1.165) is 42.1 Å². The van der Waals surface area contributed by atoms with Crippen molar-refractivity contribution in [2.24, 2.45) is 5.73 Å². The summed E-state index contributed by atoms with van der Waals surface area (Å²) >= 11 is 7.51. The number of primary amides is 1. The van der Waals surface area contributed by atoms with Crippen molar-refractivity contribution >= 4 is 34.5 Å². The number of thiazole rings is 1. The van der Waals surface area contributed by atoms with Gasteiger partial charge in [-0.25, -0.2) is 4.98 Å². The Labute approximate surface area is 213 Å². The highest BCUT2D eigenvalue weighted by Crippen LogP contribution is 2.36. The number of carbonyl (C=O) groups excluding carboxylic acids is 1. The molecule has 0 fully saturated rings. The number of likely N-dealkylation sites (N-methyl/N-ethyl adjacent to an activating group) is 2. The van der Waals surface area contributed by atoms with Crippen LogP contribution in [0.25, 0.3) is 16.3 Å². The first-order valence-corrected chi connectivity index (χ1v) is 12.4. The van der Waals surface area contributed by atoms with Gasteiger partial charge in [0.25, 0.3) is 5.91 Å². The van der Waals surface area contributed by atoms with Crippen LogP contribution in [0.3, 0.4) is 0 Å². The highest BCUT2D eigenvalue weighted by atomic mass is 35.5. The molecule has 1 unspecified atom stereocenters. The third-order valence-corrected chi connectivity index (χ3v) is 7.04. The highest BCUT2D eigenvalue weighted by Gasteiger charge is 2.23. The number of benzene rings is 1. The zero-order valence-electron chi connectivity index (χ0n) is 20.2. The minimum atomic E-state index is -0.591. The Balaban J connectivity index is 1.63. The number of carbonyl (C=O) groups is 1. The molecular weight excluding hydrogens is 484 g/mol. The number of rotatable bonds is 10. The Morgan fingerprint density at radius 1 is 1.20 bits per heavy atom. The third-order valence-electron chi connectivity index (χ3n) is 5.62. The van der Waals surface area contributed by atoms with Crippen molar-refractivity contribution in [1.29, 1.82) is 0 Å². The van der Waals surface area contributed by atoms with Gasteiger partial charge in [-0.3, -0.25) is 9.20 Å². The second kappa shape index (κ2) is 10.7. The van der Waals surface area contributed by atoms with Crippen LogP contribution < -0.4 is 10.5 Å². The van der Waals surface area contributed by atoms with E-state index >= 15 is 0 Å². The van der Waals surface area contributed by atoms with E-state index in [-0.39, 0.29) is 10.8 Å².